The molecule has 1 aliphatic carbocycles. The molecule has 1 aromatic carbocycles. The van der Waals surface area contributed by atoms with Crippen molar-refractivity contribution in [1.29, 1.82) is 0 Å². The molecule has 33 heavy (non-hydrogen) atoms. The van der Waals surface area contributed by atoms with E-state index in [9.17, 15) is 22.7 Å². The van der Waals surface area contributed by atoms with E-state index in [1.165, 1.54) is 10.6 Å². The van der Waals surface area contributed by atoms with Crippen molar-refractivity contribution in [2.24, 2.45) is 0 Å². The van der Waals surface area contributed by atoms with Gasteiger partial charge in [0.05, 0.1) is 18.2 Å². The quantitative estimate of drug-likeness (QED) is 0.572. The Balaban J connectivity index is 1.63. The maximum absolute atomic E-state index is 13.8. The smallest absolute Gasteiger partial charge is 0.419 e. The minimum atomic E-state index is -4.85. The Morgan fingerprint density at radius 2 is 1.91 bits per heavy atom. The molecule has 2 N–H and O–H groups in total. The molecule has 0 atom stereocenters. The Kier molecular flexibility index (Phi) is 5.26. The Bertz CT molecular complexity index is 1190. The summed E-state index contributed by atoms with van der Waals surface area (Å²) < 4.78 is 60.8. The van der Waals surface area contributed by atoms with Crippen LogP contribution in [-0.2, 0) is 6.18 Å². The highest BCUT2D eigenvalue weighted by Gasteiger charge is 2.35. The normalized spacial score (nSPS) is 21.1. The van der Waals surface area contributed by atoms with Crippen LogP contribution in [0, 0.1) is 5.82 Å². The molecule has 2 aliphatic rings. The van der Waals surface area contributed by atoms with E-state index in [1.807, 2.05) is 11.9 Å². The molecule has 1 saturated carbocycles. The topological polar surface area (TPSA) is 87.8 Å². The van der Waals surface area contributed by atoms with Crippen molar-refractivity contribution in [2.75, 3.05) is 30.4 Å². The number of halogens is 4. The first-order valence-electron chi connectivity index (χ1n) is 10.7. The van der Waals surface area contributed by atoms with Crippen LogP contribution in [0.3, 0.4) is 0 Å². The van der Waals surface area contributed by atoms with Gasteiger partial charge in [0, 0.05) is 18.7 Å². The lowest BCUT2D eigenvalue weighted by atomic mass is 9.93. The van der Waals surface area contributed by atoms with Gasteiger partial charge in [0.15, 0.2) is 17.4 Å². The summed E-state index contributed by atoms with van der Waals surface area (Å²) in [6.45, 7) is 1.02. The highest BCUT2D eigenvalue weighted by molar-refractivity contribution is 5.82. The second kappa shape index (κ2) is 8.01. The fourth-order valence-corrected chi connectivity index (χ4v) is 4.33. The third-order valence-electron chi connectivity index (χ3n) is 6.11. The second-order valence-corrected chi connectivity index (χ2v) is 8.40. The van der Waals surface area contributed by atoms with E-state index in [1.54, 1.807) is 0 Å². The molecule has 0 saturated heterocycles. The zero-order valence-corrected chi connectivity index (χ0v) is 17.7. The highest BCUT2D eigenvalue weighted by atomic mass is 19.4. The molecule has 0 bridgehead atoms. The zero-order valence-electron chi connectivity index (χ0n) is 17.7. The molecule has 0 unspecified atom stereocenters. The van der Waals surface area contributed by atoms with Crippen LogP contribution in [0.15, 0.2) is 18.2 Å². The van der Waals surface area contributed by atoms with Crippen molar-refractivity contribution >= 4 is 17.2 Å². The summed E-state index contributed by atoms with van der Waals surface area (Å²) in [7, 11) is 1.89. The van der Waals surface area contributed by atoms with Gasteiger partial charge in [-0.2, -0.15) is 17.7 Å². The lowest BCUT2D eigenvalue weighted by molar-refractivity contribution is -0.139. The molecule has 3 aromatic rings. The zero-order chi connectivity index (χ0) is 23.3. The van der Waals surface area contributed by atoms with E-state index in [2.05, 4.69) is 20.6 Å². The molecule has 2 aromatic heterocycles. The number of anilines is 2. The second-order valence-electron chi connectivity index (χ2n) is 8.40. The molecule has 0 spiro atoms. The summed E-state index contributed by atoms with van der Waals surface area (Å²) in [5.41, 5.74) is -0.410. The van der Waals surface area contributed by atoms with Gasteiger partial charge in [-0.1, -0.05) is 0 Å². The monoisotopic (exact) mass is 466 g/mol. The maximum Gasteiger partial charge on any atom is 0.419 e. The Hall–Kier alpha value is -3.15. The standard InChI is InChI=1S/C21H22F4N6O2/c1-30-8-9-33-17-16(30)18(26-12-3-5-13(32)6-4-12)29-31-19(27-28-20(17)31)11-2-7-15(22)14(10-11)21(23,24)25/h2,7,10,12-13,32H,3-6,8-9H2,1H3,(H,26,29). The van der Waals surface area contributed by atoms with E-state index in [0.29, 0.717) is 49.3 Å². The number of ether oxygens (including phenoxy) is 1. The number of alkyl halides is 3. The van der Waals surface area contributed by atoms with Crippen molar-refractivity contribution < 1.29 is 27.4 Å². The summed E-state index contributed by atoms with van der Waals surface area (Å²) in [5.74, 6) is -0.413. The third-order valence-corrected chi connectivity index (χ3v) is 6.11. The Labute approximate surface area is 186 Å². The van der Waals surface area contributed by atoms with Gasteiger partial charge in [-0.25, -0.2) is 4.39 Å². The first kappa shape index (κ1) is 21.7. The number of rotatable bonds is 3. The summed E-state index contributed by atoms with van der Waals surface area (Å²) in [6, 6.07) is 2.75. The predicted molar refractivity (Wildman–Crippen MR) is 112 cm³/mol. The Morgan fingerprint density at radius 3 is 2.64 bits per heavy atom. The molecular weight excluding hydrogens is 444 g/mol. The maximum atomic E-state index is 13.8. The van der Waals surface area contributed by atoms with Crippen molar-refractivity contribution in [3.05, 3.63) is 29.6 Å². The van der Waals surface area contributed by atoms with E-state index in [-0.39, 0.29) is 29.2 Å². The van der Waals surface area contributed by atoms with Gasteiger partial charge in [-0.3, -0.25) is 0 Å². The SMILES string of the molecule is CN1CCOc2c1c(NC1CCC(O)CC1)nn1c(-c3ccc(F)c(C(F)(F)F)c3)nnc21. The molecule has 0 radical (unpaired) electrons. The molecular formula is C21H22F4N6O2. The predicted octanol–water partition coefficient (Wildman–Crippen LogP) is 3.49. The van der Waals surface area contributed by atoms with E-state index < -0.39 is 17.6 Å². The number of nitrogens with zero attached hydrogens (tertiary/aromatic N) is 5. The number of aromatic nitrogens is 4. The molecule has 5 rings (SSSR count). The third kappa shape index (κ3) is 3.92. The Morgan fingerprint density at radius 1 is 1.15 bits per heavy atom. The fourth-order valence-electron chi connectivity index (χ4n) is 4.33. The van der Waals surface area contributed by atoms with Crippen LogP contribution in [0.2, 0.25) is 0 Å². The lowest BCUT2D eigenvalue weighted by Gasteiger charge is -2.32. The lowest BCUT2D eigenvalue weighted by Crippen LogP contribution is -2.33. The first-order chi connectivity index (χ1) is 15.7. The number of aliphatic hydroxyl groups is 1. The summed E-state index contributed by atoms with van der Waals surface area (Å²) in [4.78, 5) is 1.97. The van der Waals surface area contributed by atoms with Crippen molar-refractivity contribution in [1.82, 2.24) is 19.8 Å². The molecule has 0 amide bonds. The van der Waals surface area contributed by atoms with Crippen LogP contribution >= 0.6 is 0 Å². The molecule has 1 aliphatic heterocycles. The van der Waals surface area contributed by atoms with Gasteiger partial charge in [0.2, 0.25) is 5.65 Å². The van der Waals surface area contributed by atoms with Gasteiger partial charge in [0.25, 0.3) is 0 Å². The van der Waals surface area contributed by atoms with Gasteiger partial charge in [-0.05, 0) is 43.9 Å². The van der Waals surface area contributed by atoms with Gasteiger partial charge >= 0.3 is 6.18 Å². The number of benzene rings is 1. The van der Waals surface area contributed by atoms with Gasteiger partial charge < -0.3 is 20.1 Å². The van der Waals surface area contributed by atoms with Crippen LogP contribution < -0.4 is 15.0 Å². The number of hydrogen-bond acceptors (Lipinski definition) is 7. The van der Waals surface area contributed by atoms with Crippen molar-refractivity contribution in [3.63, 3.8) is 0 Å². The van der Waals surface area contributed by atoms with E-state index in [4.69, 9.17) is 4.74 Å². The first-order valence-corrected chi connectivity index (χ1v) is 10.7. The van der Waals surface area contributed by atoms with Crippen LogP contribution in [-0.4, -0.2) is 57.3 Å². The molecule has 1 fully saturated rings. The summed E-state index contributed by atoms with van der Waals surface area (Å²) in [6.07, 6.45) is -2.32. The van der Waals surface area contributed by atoms with Crippen LogP contribution in [0.1, 0.15) is 31.2 Å². The van der Waals surface area contributed by atoms with E-state index in [0.717, 1.165) is 18.9 Å². The highest BCUT2D eigenvalue weighted by Crippen LogP contribution is 2.41. The van der Waals surface area contributed by atoms with Crippen molar-refractivity contribution in [2.45, 2.75) is 44.0 Å². The molecule has 176 valence electrons. The largest absolute Gasteiger partial charge is 0.486 e. The minimum Gasteiger partial charge on any atom is -0.486 e. The molecule has 12 heteroatoms. The van der Waals surface area contributed by atoms with E-state index >= 15 is 0 Å². The van der Waals surface area contributed by atoms with Gasteiger partial charge in [-0.15, -0.1) is 15.3 Å². The van der Waals surface area contributed by atoms with Gasteiger partial charge in [0.1, 0.15) is 18.1 Å². The average Bonchev–Trinajstić information content (AvgIpc) is 3.19. The minimum absolute atomic E-state index is 0.0274. The molecule has 3 heterocycles. The van der Waals surface area contributed by atoms with Crippen LogP contribution in [0.4, 0.5) is 29.1 Å². The number of nitrogens with one attached hydrogen (secondary N) is 1. The molecule has 8 nitrogen and oxygen atoms in total. The average molecular weight is 466 g/mol. The summed E-state index contributed by atoms with van der Waals surface area (Å²) >= 11 is 0. The number of likely N-dealkylation sites (N-methyl/N-ethyl adjacent to an activating group) is 1. The van der Waals surface area contributed by atoms with Crippen LogP contribution in [0.25, 0.3) is 17.0 Å². The number of hydrogen-bond donors (Lipinski definition) is 2. The van der Waals surface area contributed by atoms with Crippen molar-refractivity contribution in [3.8, 4) is 17.1 Å². The number of fused-ring (bicyclic) bond motifs is 3. The fraction of sp³-hybridized carbons (Fsp3) is 0.476. The summed E-state index contributed by atoms with van der Waals surface area (Å²) in [5, 5.41) is 26.0. The number of aliphatic hydroxyl groups excluding tert-OH is 1. The van der Waals surface area contributed by atoms with Crippen LogP contribution in [0.5, 0.6) is 5.75 Å².